The monoisotopic (exact) mass is 458 g/mol. The van der Waals surface area contributed by atoms with Crippen LogP contribution in [0.15, 0.2) is 16.9 Å². The molecule has 0 spiro atoms. The van der Waals surface area contributed by atoms with Crippen LogP contribution in [0.4, 0.5) is 10.1 Å². The number of nitrogens with one attached hydrogen (secondary N) is 2. The molecule has 3 fully saturated rings. The highest BCUT2D eigenvalue weighted by molar-refractivity contribution is 6.00. The Labute approximate surface area is 191 Å². The van der Waals surface area contributed by atoms with Crippen molar-refractivity contribution < 1.29 is 14.0 Å². The van der Waals surface area contributed by atoms with E-state index >= 15 is 4.39 Å². The van der Waals surface area contributed by atoms with Crippen LogP contribution in [0.1, 0.15) is 31.7 Å². The molecule has 1 unspecified atom stereocenters. The molecule has 10 heteroatoms. The van der Waals surface area contributed by atoms with Crippen molar-refractivity contribution in [1.29, 1.82) is 0 Å². The number of hydrogen-bond donors (Lipinski definition) is 2. The van der Waals surface area contributed by atoms with E-state index in [9.17, 15) is 14.4 Å². The zero-order chi connectivity index (χ0) is 23.1. The van der Waals surface area contributed by atoms with Crippen LogP contribution < -0.4 is 21.2 Å². The molecule has 2 N–H and O–H groups in total. The van der Waals surface area contributed by atoms with Crippen LogP contribution in [-0.2, 0) is 16.6 Å². The average molecular weight is 459 g/mol. The summed E-state index contributed by atoms with van der Waals surface area (Å²) in [6.45, 7) is 6.91. The summed E-state index contributed by atoms with van der Waals surface area (Å²) in [5, 5.41) is 5.67. The third-order valence-electron chi connectivity index (χ3n) is 7.37. The van der Waals surface area contributed by atoms with Crippen LogP contribution in [0.25, 0.3) is 11.0 Å². The van der Waals surface area contributed by atoms with Gasteiger partial charge in [0.05, 0.1) is 11.2 Å². The molecule has 3 aliphatic heterocycles. The van der Waals surface area contributed by atoms with E-state index < -0.39 is 23.5 Å². The van der Waals surface area contributed by atoms with E-state index in [1.807, 2.05) is 0 Å². The van der Waals surface area contributed by atoms with Crippen molar-refractivity contribution in [3.05, 3.63) is 28.4 Å². The Hall–Kier alpha value is -2.72. The van der Waals surface area contributed by atoms with Gasteiger partial charge in [0.2, 0.25) is 11.8 Å². The number of aromatic nitrogens is 2. The molecule has 0 radical (unpaired) electrons. The Morgan fingerprint density at radius 1 is 1.03 bits per heavy atom. The van der Waals surface area contributed by atoms with Gasteiger partial charge in [0, 0.05) is 59.3 Å². The average Bonchev–Trinajstić information content (AvgIpc) is 3.06. The van der Waals surface area contributed by atoms with Gasteiger partial charge in [-0.15, -0.1) is 0 Å². The van der Waals surface area contributed by atoms with Gasteiger partial charge in [0.15, 0.2) is 5.82 Å². The molecule has 2 aromatic rings. The molecule has 4 heterocycles. The number of carbonyl (C=O) groups is 2. The Bertz CT molecular complexity index is 1130. The number of piperazine rings is 1. The zero-order valence-electron chi connectivity index (χ0n) is 19.0. The molecule has 1 aromatic carbocycles. The fraction of sp³-hybridized carbons (Fsp3) is 0.609. The van der Waals surface area contributed by atoms with E-state index in [2.05, 4.69) is 20.4 Å². The maximum absolute atomic E-state index is 15.7. The summed E-state index contributed by atoms with van der Waals surface area (Å²) in [5.41, 5.74) is 0.626. The van der Waals surface area contributed by atoms with Gasteiger partial charge in [-0.1, -0.05) is 0 Å². The maximum atomic E-state index is 15.7. The number of anilines is 1. The number of rotatable bonds is 4. The number of aryl methyl sites for hydroxylation is 1. The number of amides is 2. The van der Waals surface area contributed by atoms with Gasteiger partial charge >= 0.3 is 5.69 Å². The summed E-state index contributed by atoms with van der Waals surface area (Å²) >= 11 is 0. The van der Waals surface area contributed by atoms with Gasteiger partial charge in [-0.3, -0.25) is 24.0 Å². The minimum absolute atomic E-state index is 0.155. The van der Waals surface area contributed by atoms with Crippen LogP contribution in [0.2, 0.25) is 0 Å². The lowest BCUT2D eigenvalue weighted by Crippen LogP contribution is -2.47. The number of piperidine rings is 2. The second-order valence-electron chi connectivity index (χ2n) is 9.43. The summed E-state index contributed by atoms with van der Waals surface area (Å²) in [7, 11) is 1.53. The highest BCUT2D eigenvalue weighted by Gasteiger charge is 2.33. The Morgan fingerprint density at radius 3 is 2.45 bits per heavy atom. The first-order valence-electron chi connectivity index (χ1n) is 11.8. The lowest BCUT2D eigenvalue weighted by molar-refractivity contribution is -0.135. The molecule has 9 nitrogen and oxygen atoms in total. The normalized spacial score (nSPS) is 23.3. The Balaban J connectivity index is 1.37. The fourth-order valence-corrected chi connectivity index (χ4v) is 5.51. The molecule has 1 atom stereocenters. The summed E-state index contributed by atoms with van der Waals surface area (Å²) in [4.78, 5) is 41.4. The van der Waals surface area contributed by atoms with Gasteiger partial charge in [-0.05, 0) is 37.3 Å². The largest absolute Gasteiger partial charge is 0.369 e. The summed E-state index contributed by atoms with van der Waals surface area (Å²) < 4.78 is 18.3. The molecule has 3 saturated heterocycles. The predicted molar refractivity (Wildman–Crippen MR) is 123 cm³/mol. The highest BCUT2D eigenvalue weighted by atomic mass is 19.1. The number of imidazole rings is 1. The van der Waals surface area contributed by atoms with Crippen molar-refractivity contribution in [3.63, 3.8) is 0 Å². The zero-order valence-corrected chi connectivity index (χ0v) is 19.0. The van der Waals surface area contributed by atoms with E-state index in [0.29, 0.717) is 17.1 Å². The van der Waals surface area contributed by atoms with Crippen molar-refractivity contribution in [1.82, 2.24) is 24.7 Å². The van der Waals surface area contributed by atoms with Crippen LogP contribution in [0, 0.1) is 11.7 Å². The topological polar surface area (TPSA) is 91.6 Å². The Morgan fingerprint density at radius 2 is 1.76 bits per heavy atom. The number of benzene rings is 1. The third-order valence-corrected chi connectivity index (χ3v) is 7.37. The van der Waals surface area contributed by atoms with Crippen molar-refractivity contribution in [2.45, 2.75) is 31.7 Å². The first-order valence-corrected chi connectivity index (χ1v) is 11.8. The van der Waals surface area contributed by atoms with E-state index in [1.165, 1.54) is 16.2 Å². The number of fused-ring (bicyclic) bond motifs is 1. The predicted octanol–water partition coefficient (Wildman–Crippen LogP) is 0.578. The van der Waals surface area contributed by atoms with Crippen molar-refractivity contribution in [2.24, 2.45) is 13.0 Å². The smallest absolute Gasteiger partial charge is 0.329 e. The standard InChI is InChI=1S/C23H31FN6O3/c1-27-21-17(30(23(27)33)18-4-5-19(31)26-22(18)32)3-2-16(20(21)24)29-10-6-15(7-11-29)14-28-12-8-25-9-13-28/h2-3,15,18,25H,4-14H2,1H3,(H,26,31,32). The third kappa shape index (κ3) is 4.06. The number of carbonyl (C=O) groups excluding carboxylic acids is 2. The van der Waals surface area contributed by atoms with Gasteiger partial charge in [0.25, 0.3) is 0 Å². The number of hydrogen-bond acceptors (Lipinski definition) is 6. The van der Waals surface area contributed by atoms with Gasteiger partial charge in [0.1, 0.15) is 11.6 Å². The number of imide groups is 1. The lowest BCUT2D eigenvalue weighted by Gasteiger charge is -2.37. The molecule has 0 bridgehead atoms. The molecule has 5 rings (SSSR count). The molecular formula is C23H31FN6O3. The van der Waals surface area contributed by atoms with Crippen molar-refractivity contribution in [2.75, 3.05) is 50.7 Å². The number of nitrogens with zero attached hydrogens (tertiary/aromatic N) is 4. The highest BCUT2D eigenvalue weighted by Crippen LogP contribution is 2.32. The quantitative estimate of drug-likeness (QED) is 0.652. The number of halogens is 1. The maximum Gasteiger partial charge on any atom is 0.329 e. The van der Waals surface area contributed by atoms with Crippen LogP contribution in [-0.4, -0.2) is 71.7 Å². The molecule has 0 saturated carbocycles. The molecule has 2 amide bonds. The van der Waals surface area contributed by atoms with Crippen LogP contribution >= 0.6 is 0 Å². The molecule has 3 aliphatic rings. The second-order valence-corrected chi connectivity index (χ2v) is 9.43. The lowest BCUT2D eigenvalue weighted by atomic mass is 9.95. The van der Waals surface area contributed by atoms with Crippen molar-refractivity contribution >= 4 is 28.5 Å². The first kappa shape index (κ1) is 22.1. The summed E-state index contributed by atoms with van der Waals surface area (Å²) in [6, 6.07) is 2.63. The van der Waals surface area contributed by atoms with E-state index in [4.69, 9.17) is 0 Å². The van der Waals surface area contributed by atoms with Gasteiger partial charge in [-0.25, -0.2) is 9.18 Å². The van der Waals surface area contributed by atoms with Crippen molar-refractivity contribution in [3.8, 4) is 0 Å². The van der Waals surface area contributed by atoms with Gasteiger partial charge in [-0.2, -0.15) is 0 Å². The SMILES string of the molecule is Cn1c(=O)n(C2CCC(=O)NC2=O)c2ccc(N3CCC(CN4CCNCC4)CC3)c(F)c21. The van der Waals surface area contributed by atoms with E-state index in [-0.39, 0.29) is 24.3 Å². The summed E-state index contributed by atoms with van der Waals surface area (Å²) in [5.74, 6) is -0.682. The second kappa shape index (κ2) is 8.90. The van der Waals surface area contributed by atoms with Crippen LogP contribution in [0.5, 0.6) is 0 Å². The molecule has 0 aliphatic carbocycles. The van der Waals surface area contributed by atoms with Crippen LogP contribution in [0.3, 0.4) is 0 Å². The van der Waals surface area contributed by atoms with E-state index in [1.54, 1.807) is 12.1 Å². The molecule has 1 aromatic heterocycles. The van der Waals surface area contributed by atoms with Gasteiger partial charge < -0.3 is 15.1 Å². The molecule has 33 heavy (non-hydrogen) atoms. The summed E-state index contributed by atoms with van der Waals surface area (Å²) in [6.07, 6.45) is 2.41. The minimum Gasteiger partial charge on any atom is -0.369 e. The fourth-order valence-electron chi connectivity index (χ4n) is 5.51. The first-order chi connectivity index (χ1) is 15.9. The Kier molecular flexibility index (Phi) is 5.96. The van der Waals surface area contributed by atoms with E-state index in [0.717, 1.165) is 58.7 Å². The molecule has 178 valence electrons. The molecular weight excluding hydrogens is 427 g/mol. The minimum atomic E-state index is -0.815.